The quantitative estimate of drug-likeness (QED) is 0.862. The molecule has 0 saturated carbocycles. The van der Waals surface area contributed by atoms with Crippen molar-refractivity contribution in [1.29, 1.82) is 0 Å². The third kappa shape index (κ3) is 1.94. The molecule has 0 amide bonds. The second kappa shape index (κ2) is 4.45. The number of fused-ring (bicyclic) bond motifs is 1. The van der Waals surface area contributed by atoms with Crippen LogP contribution in [0.4, 0.5) is 0 Å². The summed E-state index contributed by atoms with van der Waals surface area (Å²) in [4.78, 5) is 0. The molecule has 0 spiro atoms. The molecule has 0 aliphatic carbocycles. The number of benzene rings is 1. The smallest absolute Gasteiger partial charge is 0.0822 e. The molecule has 3 nitrogen and oxygen atoms in total. The van der Waals surface area contributed by atoms with Crippen molar-refractivity contribution in [3.05, 3.63) is 35.0 Å². The molecule has 86 valence electrons. The predicted octanol–water partition coefficient (Wildman–Crippen LogP) is 2.21. The van der Waals surface area contributed by atoms with Gasteiger partial charge in [-0.2, -0.15) is 0 Å². The van der Waals surface area contributed by atoms with E-state index >= 15 is 0 Å². The minimum atomic E-state index is -0.505. The number of hydrogen-bond acceptors (Lipinski definition) is 2. The Kier molecular flexibility index (Phi) is 3.19. The fourth-order valence-electron chi connectivity index (χ4n) is 1.97. The molecule has 3 N–H and O–H groups in total. The van der Waals surface area contributed by atoms with Gasteiger partial charge in [-0.05, 0) is 25.1 Å². The molecular formula is C12H15ClN2O. The number of nitrogens with two attached hydrogens (primary N) is 1. The summed E-state index contributed by atoms with van der Waals surface area (Å²) in [7, 11) is 1.94. The molecule has 1 heterocycles. The Balaban J connectivity index is 2.55. The van der Waals surface area contributed by atoms with Crippen LogP contribution in [0.5, 0.6) is 0 Å². The molecule has 1 aromatic heterocycles. The molecule has 0 saturated heterocycles. The minimum absolute atomic E-state index is 0.477. The zero-order valence-electron chi connectivity index (χ0n) is 9.15. The summed E-state index contributed by atoms with van der Waals surface area (Å²) in [6.45, 7) is 0.477. The summed E-state index contributed by atoms with van der Waals surface area (Å²) < 4.78 is 1.97. The third-order valence-corrected chi connectivity index (χ3v) is 3.02. The lowest BCUT2D eigenvalue weighted by Crippen LogP contribution is -2.06. The Bertz CT molecular complexity index is 507. The lowest BCUT2D eigenvalue weighted by atomic mass is 10.1. The molecule has 1 aromatic carbocycles. The first-order chi connectivity index (χ1) is 7.63. The molecule has 16 heavy (non-hydrogen) atoms. The van der Waals surface area contributed by atoms with Gasteiger partial charge >= 0.3 is 0 Å². The number of halogens is 1. The highest BCUT2D eigenvalue weighted by molar-refractivity contribution is 6.31. The van der Waals surface area contributed by atoms with Crippen LogP contribution >= 0.6 is 11.6 Å². The second-order valence-corrected chi connectivity index (χ2v) is 4.39. The Morgan fingerprint density at radius 3 is 2.94 bits per heavy atom. The highest BCUT2D eigenvalue weighted by Gasteiger charge is 2.13. The first kappa shape index (κ1) is 11.5. The summed E-state index contributed by atoms with van der Waals surface area (Å²) >= 11 is 5.94. The van der Waals surface area contributed by atoms with Gasteiger partial charge < -0.3 is 15.4 Å². The summed E-state index contributed by atoms with van der Waals surface area (Å²) in [5.41, 5.74) is 7.40. The SMILES string of the molecule is Cn1cc([C@H](O)CCN)c2ccc(Cl)cc21. The molecular weight excluding hydrogens is 224 g/mol. The lowest BCUT2D eigenvalue weighted by molar-refractivity contribution is 0.171. The zero-order chi connectivity index (χ0) is 11.7. The summed E-state index contributed by atoms with van der Waals surface area (Å²) in [5, 5.41) is 11.7. The van der Waals surface area contributed by atoms with Crippen molar-refractivity contribution in [3.63, 3.8) is 0 Å². The van der Waals surface area contributed by atoms with Crippen LogP contribution in [0.15, 0.2) is 24.4 Å². The van der Waals surface area contributed by atoms with Crippen LogP contribution in [0.3, 0.4) is 0 Å². The van der Waals surface area contributed by atoms with Crippen LogP contribution < -0.4 is 5.73 Å². The monoisotopic (exact) mass is 238 g/mol. The molecule has 1 atom stereocenters. The Labute approximate surface area is 99.4 Å². The fraction of sp³-hybridized carbons (Fsp3) is 0.333. The molecule has 2 rings (SSSR count). The number of aliphatic hydroxyl groups excluding tert-OH is 1. The standard InChI is InChI=1S/C12H15ClN2O/c1-15-7-10(12(16)4-5-14)9-3-2-8(13)6-11(9)15/h2-3,6-7,12,16H,4-5,14H2,1H3/t12-/m1/s1. The van der Waals surface area contributed by atoms with Crippen molar-refractivity contribution in [1.82, 2.24) is 4.57 Å². The Morgan fingerprint density at radius 2 is 2.25 bits per heavy atom. The molecule has 4 heteroatoms. The minimum Gasteiger partial charge on any atom is -0.388 e. The van der Waals surface area contributed by atoms with Gasteiger partial charge in [0.1, 0.15) is 0 Å². The number of hydrogen-bond donors (Lipinski definition) is 2. The van der Waals surface area contributed by atoms with E-state index in [1.807, 2.05) is 36.0 Å². The molecule has 0 aliphatic rings. The van der Waals surface area contributed by atoms with E-state index < -0.39 is 6.10 Å². The number of nitrogens with zero attached hydrogens (tertiary/aromatic N) is 1. The van der Waals surface area contributed by atoms with Gasteiger partial charge in [0.2, 0.25) is 0 Å². The van der Waals surface area contributed by atoms with Crippen molar-refractivity contribution < 1.29 is 5.11 Å². The highest BCUT2D eigenvalue weighted by atomic mass is 35.5. The van der Waals surface area contributed by atoms with Gasteiger partial charge in [-0.1, -0.05) is 17.7 Å². The number of aryl methyl sites for hydroxylation is 1. The van der Waals surface area contributed by atoms with Gasteiger partial charge in [-0.3, -0.25) is 0 Å². The summed E-state index contributed by atoms with van der Waals surface area (Å²) in [6, 6.07) is 5.67. The molecule has 0 aliphatic heterocycles. The number of aliphatic hydroxyl groups is 1. The largest absolute Gasteiger partial charge is 0.388 e. The number of rotatable bonds is 3. The van der Waals surface area contributed by atoms with E-state index in [0.717, 1.165) is 16.5 Å². The average Bonchev–Trinajstić information content (AvgIpc) is 2.56. The van der Waals surface area contributed by atoms with E-state index in [4.69, 9.17) is 17.3 Å². The van der Waals surface area contributed by atoms with Gasteiger partial charge in [-0.15, -0.1) is 0 Å². The van der Waals surface area contributed by atoms with E-state index in [-0.39, 0.29) is 0 Å². The average molecular weight is 239 g/mol. The van der Waals surface area contributed by atoms with Crippen molar-refractivity contribution in [2.45, 2.75) is 12.5 Å². The third-order valence-electron chi connectivity index (χ3n) is 2.78. The zero-order valence-corrected chi connectivity index (χ0v) is 9.91. The summed E-state index contributed by atoms with van der Waals surface area (Å²) in [5.74, 6) is 0. The maximum Gasteiger partial charge on any atom is 0.0822 e. The van der Waals surface area contributed by atoms with Crippen LogP contribution in [-0.4, -0.2) is 16.2 Å². The van der Waals surface area contributed by atoms with Gasteiger partial charge in [0.15, 0.2) is 0 Å². The Morgan fingerprint density at radius 1 is 1.50 bits per heavy atom. The normalized spacial score (nSPS) is 13.2. The van der Waals surface area contributed by atoms with E-state index in [1.165, 1.54) is 0 Å². The van der Waals surface area contributed by atoms with Crippen molar-refractivity contribution >= 4 is 22.5 Å². The lowest BCUT2D eigenvalue weighted by Gasteiger charge is -2.07. The van der Waals surface area contributed by atoms with Crippen molar-refractivity contribution in [2.24, 2.45) is 12.8 Å². The molecule has 0 radical (unpaired) electrons. The highest BCUT2D eigenvalue weighted by Crippen LogP contribution is 2.29. The predicted molar refractivity (Wildman–Crippen MR) is 66.6 cm³/mol. The van der Waals surface area contributed by atoms with Crippen molar-refractivity contribution in [2.75, 3.05) is 6.54 Å². The molecule has 0 fully saturated rings. The van der Waals surface area contributed by atoms with Gasteiger partial charge in [0.25, 0.3) is 0 Å². The van der Waals surface area contributed by atoms with Crippen LogP contribution in [-0.2, 0) is 7.05 Å². The fourth-order valence-corrected chi connectivity index (χ4v) is 2.13. The molecule has 0 unspecified atom stereocenters. The second-order valence-electron chi connectivity index (χ2n) is 3.95. The van der Waals surface area contributed by atoms with Crippen LogP contribution in [0.1, 0.15) is 18.1 Å². The topological polar surface area (TPSA) is 51.2 Å². The van der Waals surface area contributed by atoms with E-state index in [0.29, 0.717) is 18.0 Å². The van der Waals surface area contributed by atoms with E-state index in [1.54, 1.807) is 0 Å². The number of aromatic nitrogens is 1. The van der Waals surface area contributed by atoms with Gasteiger partial charge in [-0.25, -0.2) is 0 Å². The first-order valence-corrected chi connectivity index (χ1v) is 5.64. The molecule has 0 bridgehead atoms. The maximum atomic E-state index is 9.97. The first-order valence-electron chi connectivity index (χ1n) is 5.26. The summed E-state index contributed by atoms with van der Waals surface area (Å²) in [6.07, 6.45) is 2.00. The van der Waals surface area contributed by atoms with E-state index in [2.05, 4.69) is 0 Å². The maximum absolute atomic E-state index is 9.97. The van der Waals surface area contributed by atoms with Gasteiger partial charge in [0.05, 0.1) is 6.10 Å². The van der Waals surface area contributed by atoms with Crippen LogP contribution in [0.2, 0.25) is 5.02 Å². The van der Waals surface area contributed by atoms with Crippen LogP contribution in [0.25, 0.3) is 10.9 Å². The molecule has 2 aromatic rings. The van der Waals surface area contributed by atoms with E-state index in [9.17, 15) is 5.11 Å². The van der Waals surface area contributed by atoms with Crippen molar-refractivity contribution in [3.8, 4) is 0 Å². The van der Waals surface area contributed by atoms with Crippen LogP contribution in [0, 0.1) is 0 Å². The van der Waals surface area contributed by atoms with Gasteiger partial charge in [0, 0.05) is 34.7 Å². The Hall–Kier alpha value is -1.03.